The Kier molecular flexibility index (Phi) is 6.26. The Bertz CT molecular complexity index is 339. The standard InChI is InChI=1S/C14H27N3O3/c1-11(2)5-6-15(4)14(20)17-9-7-16(8-10-17)12(3)13(18)19/h11-12H,5-10H2,1-4H3,(H,18,19). The van der Waals surface area contributed by atoms with Crippen LogP contribution in [0.2, 0.25) is 0 Å². The van der Waals surface area contributed by atoms with E-state index >= 15 is 0 Å². The molecule has 0 aromatic heterocycles. The maximum Gasteiger partial charge on any atom is 0.320 e. The third-order valence-corrected chi connectivity index (χ3v) is 3.86. The predicted octanol–water partition coefficient (Wildman–Crippen LogP) is 1.17. The average Bonchev–Trinajstić information content (AvgIpc) is 2.43. The number of carbonyl (C=O) groups is 2. The molecule has 6 nitrogen and oxygen atoms in total. The number of amides is 2. The highest BCUT2D eigenvalue weighted by molar-refractivity contribution is 5.75. The molecule has 2 amide bonds. The molecule has 0 aliphatic carbocycles. The lowest BCUT2D eigenvalue weighted by molar-refractivity contribution is -0.143. The Morgan fingerprint density at radius 3 is 2.15 bits per heavy atom. The van der Waals surface area contributed by atoms with Gasteiger partial charge >= 0.3 is 12.0 Å². The van der Waals surface area contributed by atoms with Gasteiger partial charge < -0.3 is 14.9 Å². The molecule has 20 heavy (non-hydrogen) atoms. The quantitative estimate of drug-likeness (QED) is 0.823. The summed E-state index contributed by atoms with van der Waals surface area (Å²) in [6, 6.07) is -0.431. The van der Waals surface area contributed by atoms with Crippen LogP contribution in [0.3, 0.4) is 0 Å². The van der Waals surface area contributed by atoms with Crippen LogP contribution in [-0.2, 0) is 4.79 Å². The molecule has 0 radical (unpaired) electrons. The maximum absolute atomic E-state index is 12.2. The van der Waals surface area contributed by atoms with E-state index in [1.807, 2.05) is 16.8 Å². The predicted molar refractivity (Wildman–Crippen MR) is 77.7 cm³/mol. The van der Waals surface area contributed by atoms with Crippen LogP contribution in [0.25, 0.3) is 0 Å². The number of carboxylic acid groups (broad SMARTS) is 1. The molecule has 1 fully saturated rings. The number of urea groups is 1. The summed E-state index contributed by atoms with van der Waals surface area (Å²) in [5.41, 5.74) is 0. The van der Waals surface area contributed by atoms with E-state index in [0.717, 1.165) is 13.0 Å². The number of nitrogens with zero attached hydrogens (tertiary/aromatic N) is 3. The molecule has 1 atom stereocenters. The van der Waals surface area contributed by atoms with Crippen LogP contribution in [0.4, 0.5) is 4.79 Å². The Balaban J connectivity index is 2.40. The molecular weight excluding hydrogens is 258 g/mol. The highest BCUT2D eigenvalue weighted by Crippen LogP contribution is 2.09. The summed E-state index contributed by atoms with van der Waals surface area (Å²) < 4.78 is 0. The van der Waals surface area contributed by atoms with E-state index in [2.05, 4.69) is 13.8 Å². The summed E-state index contributed by atoms with van der Waals surface area (Å²) in [6.07, 6.45) is 0.998. The fourth-order valence-corrected chi connectivity index (χ4v) is 2.25. The number of carbonyl (C=O) groups excluding carboxylic acids is 1. The highest BCUT2D eigenvalue weighted by Gasteiger charge is 2.28. The van der Waals surface area contributed by atoms with Crippen molar-refractivity contribution < 1.29 is 14.7 Å². The van der Waals surface area contributed by atoms with Gasteiger partial charge in [-0.05, 0) is 19.3 Å². The van der Waals surface area contributed by atoms with Crippen molar-refractivity contribution in [1.82, 2.24) is 14.7 Å². The summed E-state index contributed by atoms with van der Waals surface area (Å²) in [4.78, 5) is 28.7. The van der Waals surface area contributed by atoms with E-state index in [0.29, 0.717) is 32.1 Å². The Morgan fingerprint density at radius 1 is 1.15 bits per heavy atom. The number of hydrogen-bond acceptors (Lipinski definition) is 3. The molecule has 1 unspecified atom stereocenters. The van der Waals surface area contributed by atoms with Gasteiger partial charge in [0, 0.05) is 39.8 Å². The number of piperazine rings is 1. The first-order valence-electron chi connectivity index (χ1n) is 7.29. The minimum Gasteiger partial charge on any atom is -0.480 e. The molecule has 0 spiro atoms. The zero-order chi connectivity index (χ0) is 15.3. The topological polar surface area (TPSA) is 64.1 Å². The zero-order valence-electron chi connectivity index (χ0n) is 13.0. The van der Waals surface area contributed by atoms with Gasteiger partial charge in [-0.2, -0.15) is 0 Å². The first-order valence-corrected chi connectivity index (χ1v) is 7.29. The maximum atomic E-state index is 12.2. The second-order valence-electron chi connectivity index (χ2n) is 5.92. The fourth-order valence-electron chi connectivity index (χ4n) is 2.25. The van der Waals surface area contributed by atoms with Gasteiger partial charge in [0.15, 0.2) is 0 Å². The first-order chi connectivity index (χ1) is 9.32. The summed E-state index contributed by atoms with van der Waals surface area (Å²) >= 11 is 0. The van der Waals surface area contributed by atoms with Crippen LogP contribution < -0.4 is 0 Å². The van der Waals surface area contributed by atoms with Gasteiger partial charge in [0.1, 0.15) is 6.04 Å². The van der Waals surface area contributed by atoms with Crippen molar-refractivity contribution >= 4 is 12.0 Å². The van der Waals surface area contributed by atoms with Gasteiger partial charge in [0.2, 0.25) is 0 Å². The van der Waals surface area contributed by atoms with Gasteiger partial charge in [-0.25, -0.2) is 4.79 Å². The second kappa shape index (κ2) is 7.47. The van der Waals surface area contributed by atoms with Gasteiger partial charge in [-0.15, -0.1) is 0 Å². The van der Waals surface area contributed by atoms with Crippen LogP contribution in [0.5, 0.6) is 0 Å². The molecule has 1 aliphatic heterocycles. The molecule has 0 bridgehead atoms. The molecular formula is C14H27N3O3. The molecule has 1 saturated heterocycles. The summed E-state index contributed by atoms with van der Waals surface area (Å²) in [5, 5.41) is 8.99. The van der Waals surface area contributed by atoms with Crippen LogP contribution in [0.1, 0.15) is 27.2 Å². The first kappa shape index (κ1) is 16.8. The Labute approximate surface area is 121 Å². The van der Waals surface area contributed by atoms with Crippen LogP contribution in [-0.4, -0.2) is 77.6 Å². The van der Waals surface area contributed by atoms with Gasteiger partial charge in [0.05, 0.1) is 0 Å². The molecule has 1 rings (SSSR count). The minimum absolute atomic E-state index is 0.0493. The van der Waals surface area contributed by atoms with Gasteiger partial charge in [-0.3, -0.25) is 9.69 Å². The zero-order valence-corrected chi connectivity index (χ0v) is 13.0. The Morgan fingerprint density at radius 2 is 1.70 bits per heavy atom. The lowest BCUT2D eigenvalue weighted by Crippen LogP contribution is -2.55. The minimum atomic E-state index is -0.807. The molecule has 0 aromatic rings. The van der Waals surface area contributed by atoms with E-state index in [-0.39, 0.29) is 6.03 Å². The number of aliphatic carboxylic acids is 1. The van der Waals surface area contributed by atoms with Crippen molar-refractivity contribution in [3.05, 3.63) is 0 Å². The molecule has 1 aliphatic rings. The van der Waals surface area contributed by atoms with E-state index in [4.69, 9.17) is 5.11 Å². The van der Waals surface area contributed by atoms with Crippen molar-refractivity contribution in [2.24, 2.45) is 5.92 Å². The second-order valence-corrected chi connectivity index (χ2v) is 5.92. The molecule has 0 saturated carbocycles. The summed E-state index contributed by atoms with van der Waals surface area (Å²) in [5.74, 6) is -0.225. The SMILES string of the molecule is CC(C)CCN(C)C(=O)N1CCN(C(C)C(=O)O)CC1. The molecule has 6 heteroatoms. The lowest BCUT2D eigenvalue weighted by Gasteiger charge is -2.38. The lowest BCUT2D eigenvalue weighted by atomic mass is 10.1. The van der Waals surface area contributed by atoms with E-state index in [1.165, 1.54) is 0 Å². The monoisotopic (exact) mass is 285 g/mol. The van der Waals surface area contributed by atoms with E-state index in [9.17, 15) is 9.59 Å². The van der Waals surface area contributed by atoms with Crippen LogP contribution in [0.15, 0.2) is 0 Å². The third kappa shape index (κ3) is 4.67. The molecule has 1 heterocycles. The van der Waals surface area contributed by atoms with Gasteiger partial charge in [0.25, 0.3) is 0 Å². The van der Waals surface area contributed by atoms with E-state index < -0.39 is 12.0 Å². The highest BCUT2D eigenvalue weighted by atomic mass is 16.4. The molecule has 116 valence electrons. The van der Waals surface area contributed by atoms with Crippen molar-refractivity contribution in [2.75, 3.05) is 39.8 Å². The fraction of sp³-hybridized carbons (Fsp3) is 0.857. The van der Waals surface area contributed by atoms with Crippen molar-refractivity contribution in [3.8, 4) is 0 Å². The average molecular weight is 285 g/mol. The molecule has 0 aromatic carbocycles. The normalized spacial score (nSPS) is 18.1. The van der Waals surface area contributed by atoms with Crippen molar-refractivity contribution in [2.45, 2.75) is 33.2 Å². The largest absolute Gasteiger partial charge is 0.480 e. The van der Waals surface area contributed by atoms with Gasteiger partial charge in [-0.1, -0.05) is 13.8 Å². The third-order valence-electron chi connectivity index (χ3n) is 3.86. The van der Waals surface area contributed by atoms with Crippen molar-refractivity contribution in [1.29, 1.82) is 0 Å². The summed E-state index contributed by atoms with van der Waals surface area (Å²) in [6.45, 7) is 9.19. The van der Waals surface area contributed by atoms with Crippen LogP contribution in [0, 0.1) is 5.92 Å². The smallest absolute Gasteiger partial charge is 0.320 e. The van der Waals surface area contributed by atoms with Crippen LogP contribution >= 0.6 is 0 Å². The summed E-state index contributed by atoms with van der Waals surface area (Å²) in [7, 11) is 1.83. The van der Waals surface area contributed by atoms with E-state index in [1.54, 1.807) is 11.8 Å². The van der Waals surface area contributed by atoms with Crippen molar-refractivity contribution in [3.63, 3.8) is 0 Å². The molecule has 1 N–H and O–H groups in total. The number of hydrogen-bond donors (Lipinski definition) is 1. The number of carboxylic acids is 1. The number of rotatable bonds is 5. The Hall–Kier alpha value is -1.30.